The maximum Gasteiger partial charge on any atom is 0.346 e. The van der Waals surface area contributed by atoms with Crippen LogP contribution in [0.3, 0.4) is 0 Å². The third kappa shape index (κ3) is 2.86. The normalized spacial score (nSPS) is 11.9. The van der Waals surface area contributed by atoms with Crippen LogP contribution < -0.4 is 5.32 Å². The number of hydrogen-bond donors (Lipinski definition) is 2. The van der Waals surface area contributed by atoms with Gasteiger partial charge in [0.2, 0.25) is 0 Å². The van der Waals surface area contributed by atoms with E-state index < -0.39 is 5.97 Å². The molecule has 1 aromatic carbocycles. The lowest BCUT2D eigenvalue weighted by atomic mass is 9.95. The van der Waals surface area contributed by atoms with E-state index in [-0.39, 0.29) is 5.54 Å². The number of hydrogen-bond acceptors (Lipinski definition) is 3. The Hall–Kier alpha value is -1.39. The standard InChI is InChI=1S/C16H21NO2S/c1-4-16(3,5-2)17-10-12-11-8-6-7-9-13(11)20-14(12)15(18)19/h6-9,17H,4-5,10H2,1-3H3,(H,18,19). The Labute approximate surface area is 123 Å². The molecule has 0 unspecified atom stereocenters. The Bertz CT molecular complexity index is 614. The van der Waals surface area contributed by atoms with Crippen LogP contribution in [0.15, 0.2) is 24.3 Å². The predicted molar refractivity (Wildman–Crippen MR) is 84.6 cm³/mol. The first kappa shape index (κ1) is 15.0. The van der Waals surface area contributed by atoms with Crippen molar-refractivity contribution in [1.29, 1.82) is 0 Å². The topological polar surface area (TPSA) is 49.3 Å². The molecule has 2 N–H and O–H groups in total. The van der Waals surface area contributed by atoms with Gasteiger partial charge in [0.1, 0.15) is 4.88 Å². The van der Waals surface area contributed by atoms with E-state index in [1.807, 2.05) is 24.3 Å². The summed E-state index contributed by atoms with van der Waals surface area (Å²) in [5, 5.41) is 14.0. The van der Waals surface area contributed by atoms with E-state index in [1.54, 1.807) is 0 Å². The Morgan fingerprint density at radius 3 is 2.55 bits per heavy atom. The minimum atomic E-state index is -0.835. The van der Waals surface area contributed by atoms with Crippen molar-refractivity contribution in [1.82, 2.24) is 5.32 Å². The molecule has 0 radical (unpaired) electrons. The highest BCUT2D eigenvalue weighted by atomic mass is 32.1. The number of rotatable bonds is 6. The largest absolute Gasteiger partial charge is 0.477 e. The second-order valence-corrected chi connectivity index (χ2v) is 6.38. The molecule has 0 bridgehead atoms. The molecule has 0 aliphatic heterocycles. The molecule has 0 saturated heterocycles. The van der Waals surface area contributed by atoms with Gasteiger partial charge >= 0.3 is 5.97 Å². The second kappa shape index (κ2) is 5.94. The molecule has 2 rings (SSSR count). The van der Waals surface area contributed by atoms with Crippen molar-refractivity contribution in [2.45, 2.75) is 45.7 Å². The molecule has 108 valence electrons. The van der Waals surface area contributed by atoms with E-state index in [0.29, 0.717) is 11.4 Å². The minimum absolute atomic E-state index is 0.0544. The number of aromatic carboxylic acids is 1. The SMILES string of the molecule is CCC(C)(CC)NCc1c(C(=O)O)sc2ccccc12. The second-order valence-electron chi connectivity index (χ2n) is 5.33. The number of thiophene rings is 1. The van der Waals surface area contributed by atoms with Gasteiger partial charge in [-0.25, -0.2) is 4.79 Å². The fourth-order valence-corrected chi connectivity index (χ4v) is 3.31. The van der Waals surface area contributed by atoms with Crippen molar-refractivity contribution in [3.63, 3.8) is 0 Å². The summed E-state index contributed by atoms with van der Waals surface area (Å²) in [5.41, 5.74) is 0.963. The number of carbonyl (C=O) groups is 1. The Balaban J connectivity index is 2.37. The molecule has 0 spiro atoms. The summed E-state index contributed by atoms with van der Waals surface area (Å²) in [6, 6.07) is 7.90. The molecule has 0 aliphatic rings. The molecule has 0 amide bonds. The summed E-state index contributed by atoms with van der Waals surface area (Å²) in [7, 11) is 0. The summed E-state index contributed by atoms with van der Waals surface area (Å²) in [5.74, 6) is -0.835. The van der Waals surface area contributed by atoms with Crippen molar-refractivity contribution in [3.8, 4) is 0 Å². The summed E-state index contributed by atoms with van der Waals surface area (Å²) >= 11 is 1.36. The van der Waals surface area contributed by atoms with Crippen LogP contribution in [0, 0.1) is 0 Å². The highest BCUT2D eigenvalue weighted by Crippen LogP contribution is 2.31. The molecule has 4 heteroatoms. The van der Waals surface area contributed by atoms with E-state index in [4.69, 9.17) is 0 Å². The van der Waals surface area contributed by atoms with Crippen LogP contribution in [-0.2, 0) is 6.54 Å². The zero-order valence-corrected chi connectivity index (χ0v) is 13.0. The van der Waals surface area contributed by atoms with E-state index in [2.05, 4.69) is 26.1 Å². The van der Waals surface area contributed by atoms with Crippen LogP contribution in [0.2, 0.25) is 0 Å². The van der Waals surface area contributed by atoms with Crippen LogP contribution in [-0.4, -0.2) is 16.6 Å². The van der Waals surface area contributed by atoms with Gasteiger partial charge in [0, 0.05) is 16.8 Å². The number of fused-ring (bicyclic) bond motifs is 1. The number of nitrogens with one attached hydrogen (secondary N) is 1. The van der Waals surface area contributed by atoms with Crippen molar-refractivity contribution in [2.24, 2.45) is 0 Å². The number of carboxylic acids is 1. The summed E-state index contributed by atoms with van der Waals surface area (Å²) in [4.78, 5) is 11.9. The lowest BCUT2D eigenvalue weighted by Gasteiger charge is -2.28. The summed E-state index contributed by atoms with van der Waals surface area (Å²) in [6.45, 7) is 7.09. The van der Waals surface area contributed by atoms with Crippen molar-refractivity contribution in [2.75, 3.05) is 0 Å². The van der Waals surface area contributed by atoms with E-state index in [9.17, 15) is 9.90 Å². The fourth-order valence-electron chi connectivity index (χ4n) is 2.25. The third-order valence-corrected chi connectivity index (χ3v) is 5.35. The first-order valence-corrected chi connectivity index (χ1v) is 7.81. The average molecular weight is 291 g/mol. The van der Waals surface area contributed by atoms with Crippen molar-refractivity contribution >= 4 is 27.4 Å². The first-order valence-electron chi connectivity index (χ1n) is 6.99. The molecule has 2 aromatic rings. The summed E-state index contributed by atoms with van der Waals surface area (Å²) < 4.78 is 1.04. The van der Waals surface area contributed by atoms with Gasteiger partial charge in [0.15, 0.2) is 0 Å². The lowest BCUT2D eigenvalue weighted by molar-refractivity contribution is 0.0701. The van der Waals surface area contributed by atoms with Gasteiger partial charge in [-0.3, -0.25) is 0 Å². The van der Waals surface area contributed by atoms with Gasteiger partial charge in [0.05, 0.1) is 0 Å². The molecule has 0 atom stereocenters. The zero-order valence-electron chi connectivity index (χ0n) is 12.2. The van der Waals surface area contributed by atoms with Crippen LogP contribution in [0.5, 0.6) is 0 Å². The molecule has 1 heterocycles. The molecule has 0 aliphatic carbocycles. The molecule has 1 aromatic heterocycles. The van der Waals surface area contributed by atoms with Gasteiger partial charge in [-0.1, -0.05) is 32.0 Å². The van der Waals surface area contributed by atoms with Crippen LogP contribution in [0.1, 0.15) is 48.8 Å². The smallest absolute Gasteiger partial charge is 0.346 e. The highest BCUT2D eigenvalue weighted by molar-refractivity contribution is 7.21. The average Bonchev–Trinajstić information content (AvgIpc) is 2.84. The lowest BCUT2D eigenvalue weighted by Crippen LogP contribution is -2.40. The maximum absolute atomic E-state index is 11.4. The van der Waals surface area contributed by atoms with Gasteiger partial charge < -0.3 is 10.4 Å². The van der Waals surface area contributed by atoms with Crippen LogP contribution in [0.4, 0.5) is 0 Å². The Morgan fingerprint density at radius 2 is 1.95 bits per heavy atom. The molecular weight excluding hydrogens is 270 g/mol. The van der Waals surface area contributed by atoms with Gasteiger partial charge in [-0.2, -0.15) is 0 Å². The van der Waals surface area contributed by atoms with E-state index >= 15 is 0 Å². The van der Waals surface area contributed by atoms with Crippen molar-refractivity contribution < 1.29 is 9.90 Å². The fraction of sp³-hybridized carbons (Fsp3) is 0.438. The maximum atomic E-state index is 11.4. The van der Waals surface area contributed by atoms with Gasteiger partial charge in [0.25, 0.3) is 0 Å². The van der Waals surface area contributed by atoms with Gasteiger partial charge in [-0.15, -0.1) is 11.3 Å². The molecule has 3 nitrogen and oxygen atoms in total. The van der Waals surface area contributed by atoms with E-state index in [1.165, 1.54) is 11.3 Å². The third-order valence-electron chi connectivity index (χ3n) is 4.15. The Morgan fingerprint density at radius 1 is 1.30 bits per heavy atom. The van der Waals surface area contributed by atoms with Crippen LogP contribution >= 0.6 is 11.3 Å². The number of benzene rings is 1. The molecule has 20 heavy (non-hydrogen) atoms. The molecule has 0 saturated carbocycles. The van der Waals surface area contributed by atoms with E-state index in [0.717, 1.165) is 28.5 Å². The number of carboxylic acid groups (broad SMARTS) is 1. The monoisotopic (exact) mass is 291 g/mol. The summed E-state index contributed by atoms with van der Waals surface area (Å²) in [6.07, 6.45) is 2.04. The zero-order chi connectivity index (χ0) is 14.8. The Kier molecular flexibility index (Phi) is 4.45. The van der Waals surface area contributed by atoms with Gasteiger partial charge in [-0.05, 0) is 36.8 Å². The molecular formula is C16H21NO2S. The first-order chi connectivity index (χ1) is 9.50. The quantitative estimate of drug-likeness (QED) is 0.835. The predicted octanol–water partition coefficient (Wildman–Crippen LogP) is 4.27. The van der Waals surface area contributed by atoms with Crippen molar-refractivity contribution in [3.05, 3.63) is 34.7 Å². The van der Waals surface area contributed by atoms with Crippen LogP contribution in [0.25, 0.3) is 10.1 Å². The molecule has 0 fully saturated rings. The highest BCUT2D eigenvalue weighted by Gasteiger charge is 2.22. The minimum Gasteiger partial charge on any atom is -0.477 e.